The van der Waals surface area contributed by atoms with Gasteiger partial charge in [0.1, 0.15) is 11.6 Å². The number of benzene rings is 2. The van der Waals surface area contributed by atoms with E-state index in [4.69, 9.17) is 16.3 Å². The fraction of sp³-hybridized carbons (Fsp3) is 0.235. The average molecular weight is 322 g/mol. The first-order valence-electron chi connectivity index (χ1n) is 6.94. The highest BCUT2D eigenvalue weighted by atomic mass is 35.5. The fourth-order valence-corrected chi connectivity index (χ4v) is 2.06. The molecule has 2 rings (SSSR count). The lowest BCUT2D eigenvalue weighted by Gasteiger charge is -2.19. The van der Waals surface area contributed by atoms with Crippen LogP contribution in [0.3, 0.4) is 0 Å². The maximum atomic E-state index is 12.9. The van der Waals surface area contributed by atoms with Gasteiger partial charge in [-0.15, -0.1) is 0 Å². The van der Waals surface area contributed by atoms with Gasteiger partial charge in [-0.1, -0.05) is 23.7 Å². The van der Waals surface area contributed by atoms with E-state index in [2.05, 4.69) is 5.32 Å². The number of hydrogen-bond donors (Lipinski definition) is 1. The average Bonchev–Trinajstić information content (AvgIpc) is 2.50. The third-order valence-corrected chi connectivity index (χ3v) is 3.48. The second kappa shape index (κ2) is 7.27. The highest BCUT2D eigenvalue weighted by molar-refractivity contribution is 6.30. The van der Waals surface area contributed by atoms with Crippen LogP contribution in [0.1, 0.15) is 25.5 Å². The summed E-state index contributed by atoms with van der Waals surface area (Å²) in [7, 11) is 0. The Kier molecular flexibility index (Phi) is 5.39. The van der Waals surface area contributed by atoms with Gasteiger partial charge in [0.25, 0.3) is 5.91 Å². The van der Waals surface area contributed by atoms with E-state index < -0.39 is 6.10 Å². The molecule has 5 heteroatoms. The minimum absolute atomic E-state index is 0.232. The molecule has 0 heterocycles. The molecular weight excluding hydrogens is 305 g/mol. The molecule has 0 aliphatic heterocycles. The van der Waals surface area contributed by atoms with Gasteiger partial charge in [-0.25, -0.2) is 4.39 Å². The number of rotatable bonds is 5. The van der Waals surface area contributed by atoms with Crippen LogP contribution in [0.4, 0.5) is 4.39 Å². The van der Waals surface area contributed by atoms with Gasteiger partial charge in [0.2, 0.25) is 0 Å². The molecule has 0 unspecified atom stereocenters. The first-order valence-corrected chi connectivity index (χ1v) is 7.31. The molecule has 2 aromatic carbocycles. The molecule has 3 nitrogen and oxygen atoms in total. The lowest BCUT2D eigenvalue weighted by atomic mass is 10.1. The Balaban J connectivity index is 1.93. The summed E-state index contributed by atoms with van der Waals surface area (Å²) in [5.41, 5.74) is 0.827. The van der Waals surface area contributed by atoms with E-state index in [1.54, 1.807) is 43.3 Å². The Morgan fingerprint density at radius 2 is 1.68 bits per heavy atom. The van der Waals surface area contributed by atoms with Crippen LogP contribution in [0.5, 0.6) is 5.75 Å². The molecule has 0 aliphatic rings. The van der Waals surface area contributed by atoms with Crippen molar-refractivity contribution < 1.29 is 13.9 Å². The zero-order valence-corrected chi connectivity index (χ0v) is 13.1. The van der Waals surface area contributed by atoms with Crippen molar-refractivity contribution in [3.05, 3.63) is 64.9 Å². The standard InChI is InChI=1S/C17H17ClFNO2/c1-11(13-3-7-15(19)8-4-13)20-17(21)12(2)22-16-9-5-14(18)6-10-16/h3-12H,1-2H3,(H,20,21)/t11-,12-/m1/s1. The van der Waals surface area contributed by atoms with Gasteiger partial charge in [0.05, 0.1) is 6.04 Å². The van der Waals surface area contributed by atoms with E-state index in [-0.39, 0.29) is 17.8 Å². The van der Waals surface area contributed by atoms with Gasteiger partial charge in [-0.3, -0.25) is 4.79 Å². The van der Waals surface area contributed by atoms with Crippen molar-refractivity contribution >= 4 is 17.5 Å². The van der Waals surface area contributed by atoms with E-state index in [9.17, 15) is 9.18 Å². The van der Waals surface area contributed by atoms with Crippen molar-refractivity contribution in [2.75, 3.05) is 0 Å². The van der Waals surface area contributed by atoms with Crippen molar-refractivity contribution in [3.63, 3.8) is 0 Å². The SMILES string of the molecule is C[C@@H](Oc1ccc(Cl)cc1)C(=O)N[C@H](C)c1ccc(F)cc1. The number of amides is 1. The van der Waals surface area contributed by atoms with E-state index in [0.717, 1.165) is 5.56 Å². The van der Waals surface area contributed by atoms with Crippen molar-refractivity contribution in [1.82, 2.24) is 5.32 Å². The first kappa shape index (κ1) is 16.3. The van der Waals surface area contributed by atoms with Crippen LogP contribution in [0.25, 0.3) is 0 Å². The fourth-order valence-electron chi connectivity index (χ4n) is 1.94. The molecule has 0 saturated carbocycles. The summed E-state index contributed by atoms with van der Waals surface area (Å²) in [4.78, 5) is 12.1. The number of carbonyl (C=O) groups excluding carboxylic acids is 1. The molecular formula is C17H17ClFNO2. The Labute approximate surface area is 134 Å². The van der Waals surface area contributed by atoms with E-state index in [1.807, 2.05) is 6.92 Å². The molecule has 22 heavy (non-hydrogen) atoms. The van der Waals surface area contributed by atoms with E-state index in [1.165, 1.54) is 12.1 Å². The van der Waals surface area contributed by atoms with Crippen molar-refractivity contribution in [3.8, 4) is 5.75 Å². The topological polar surface area (TPSA) is 38.3 Å². The van der Waals surface area contributed by atoms with E-state index >= 15 is 0 Å². The quantitative estimate of drug-likeness (QED) is 0.899. The smallest absolute Gasteiger partial charge is 0.261 e. The second-order valence-electron chi connectivity index (χ2n) is 5.00. The molecule has 2 atom stereocenters. The van der Waals surface area contributed by atoms with Gasteiger partial charge >= 0.3 is 0 Å². The first-order chi connectivity index (χ1) is 10.5. The predicted octanol–water partition coefficient (Wildman–Crippen LogP) is 4.12. The van der Waals surface area contributed by atoms with Crippen LogP contribution >= 0.6 is 11.6 Å². The largest absolute Gasteiger partial charge is 0.481 e. The molecule has 0 bridgehead atoms. The van der Waals surface area contributed by atoms with E-state index in [0.29, 0.717) is 10.8 Å². The normalized spacial score (nSPS) is 13.3. The molecule has 0 saturated heterocycles. The molecule has 0 fully saturated rings. The van der Waals surface area contributed by atoms with Crippen LogP contribution in [0, 0.1) is 5.82 Å². The zero-order chi connectivity index (χ0) is 16.1. The molecule has 116 valence electrons. The summed E-state index contributed by atoms with van der Waals surface area (Å²) < 4.78 is 18.5. The summed E-state index contributed by atoms with van der Waals surface area (Å²) in [6.07, 6.45) is -0.649. The maximum absolute atomic E-state index is 12.9. The summed E-state index contributed by atoms with van der Waals surface area (Å²) in [5.74, 6) is 0.0231. The molecule has 2 aromatic rings. The highest BCUT2D eigenvalue weighted by Crippen LogP contribution is 2.17. The lowest BCUT2D eigenvalue weighted by molar-refractivity contribution is -0.127. The van der Waals surface area contributed by atoms with Crippen LogP contribution in [0.15, 0.2) is 48.5 Å². The third-order valence-electron chi connectivity index (χ3n) is 3.22. The van der Waals surface area contributed by atoms with Gasteiger partial charge in [-0.05, 0) is 55.8 Å². The zero-order valence-electron chi connectivity index (χ0n) is 12.3. The summed E-state index contributed by atoms with van der Waals surface area (Å²) >= 11 is 5.80. The Hall–Kier alpha value is -2.07. The minimum atomic E-state index is -0.649. The molecule has 0 aliphatic carbocycles. The highest BCUT2D eigenvalue weighted by Gasteiger charge is 2.17. The number of hydrogen-bond acceptors (Lipinski definition) is 2. The van der Waals surface area contributed by atoms with Gasteiger partial charge in [0, 0.05) is 5.02 Å². The maximum Gasteiger partial charge on any atom is 0.261 e. The van der Waals surface area contributed by atoms with Crippen molar-refractivity contribution in [2.45, 2.75) is 26.0 Å². The Bertz CT molecular complexity index is 628. The Morgan fingerprint density at radius 3 is 2.27 bits per heavy atom. The number of ether oxygens (including phenoxy) is 1. The molecule has 0 radical (unpaired) electrons. The van der Waals surface area contributed by atoms with Gasteiger partial charge in [0.15, 0.2) is 6.10 Å². The summed E-state index contributed by atoms with van der Waals surface area (Å²) in [6.45, 7) is 3.50. The predicted molar refractivity (Wildman–Crippen MR) is 84.5 cm³/mol. The molecule has 1 N–H and O–H groups in total. The monoisotopic (exact) mass is 321 g/mol. The Morgan fingerprint density at radius 1 is 1.09 bits per heavy atom. The van der Waals surface area contributed by atoms with Crippen molar-refractivity contribution in [1.29, 1.82) is 0 Å². The number of carbonyl (C=O) groups is 1. The summed E-state index contributed by atoms with van der Waals surface area (Å²) in [5, 5.41) is 3.44. The number of halogens is 2. The van der Waals surface area contributed by atoms with Gasteiger partial charge in [-0.2, -0.15) is 0 Å². The van der Waals surface area contributed by atoms with Crippen molar-refractivity contribution in [2.24, 2.45) is 0 Å². The second-order valence-corrected chi connectivity index (χ2v) is 5.43. The number of nitrogens with one attached hydrogen (secondary N) is 1. The summed E-state index contributed by atoms with van der Waals surface area (Å²) in [6, 6.07) is 12.6. The minimum Gasteiger partial charge on any atom is -0.481 e. The van der Waals surface area contributed by atoms with Gasteiger partial charge < -0.3 is 10.1 Å². The molecule has 1 amide bonds. The molecule has 0 aromatic heterocycles. The van der Waals surface area contributed by atoms with Crippen LogP contribution in [0.2, 0.25) is 5.02 Å². The van der Waals surface area contributed by atoms with Crippen LogP contribution in [-0.2, 0) is 4.79 Å². The van der Waals surface area contributed by atoms with Crippen LogP contribution in [-0.4, -0.2) is 12.0 Å². The molecule has 0 spiro atoms. The lowest BCUT2D eigenvalue weighted by Crippen LogP contribution is -2.37. The van der Waals surface area contributed by atoms with Crippen LogP contribution < -0.4 is 10.1 Å². The third kappa shape index (κ3) is 4.46.